The fourth-order valence-electron chi connectivity index (χ4n) is 2.75. The van der Waals surface area contributed by atoms with E-state index in [1.165, 1.54) is 4.90 Å². The fourth-order valence-corrected chi connectivity index (χ4v) is 2.96. The van der Waals surface area contributed by atoms with Crippen LogP contribution in [0.15, 0.2) is 48.5 Å². The molecule has 1 atom stereocenters. The maximum absolute atomic E-state index is 13.0. The number of aryl methyl sites for hydroxylation is 1. The number of nitrogens with one attached hydrogen (secondary N) is 1. The van der Waals surface area contributed by atoms with E-state index in [4.69, 9.17) is 16.3 Å². The Bertz CT molecular complexity index is 844. The van der Waals surface area contributed by atoms with E-state index in [0.717, 1.165) is 11.1 Å². The monoisotopic (exact) mass is 416 g/mol. The minimum atomic E-state index is -0.665. The molecule has 0 aliphatic rings. The van der Waals surface area contributed by atoms with Crippen LogP contribution in [0.4, 0.5) is 0 Å². The molecule has 2 aromatic carbocycles. The smallest absolute Gasteiger partial charge is 0.261 e. The molecule has 0 aromatic heterocycles. The summed E-state index contributed by atoms with van der Waals surface area (Å²) in [6, 6.07) is 14.1. The number of ether oxygens (including phenoxy) is 1. The first-order valence-electron chi connectivity index (χ1n) is 9.60. The Morgan fingerprint density at radius 2 is 1.79 bits per heavy atom. The molecule has 2 amide bonds. The number of rotatable bonds is 7. The molecule has 1 N–H and O–H groups in total. The molecule has 2 rings (SSSR count). The Morgan fingerprint density at radius 3 is 2.38 bits per heavy atom. The van der Waals surface area contributed by atoms with Crippen molar-refractivity contribution in [2.24, 2.45) is 0 Å². The zero-order chi connectivity index (χ0) is 21.6. The van der Waals surface area contributed by atoms with Gasteiger partial charge < -0.3 is 15.0 Å². The number of nitrogens with zero attached hydrogens (tertiary/aromatic N) is 1. The van der Waals surface area contributed by atoms with Gasteiger partial charge in [0.2, 0.25) is 5.91 Å². The van der Waals surface area contributed by atoms with Crippen molar-refractivity contribution in [1.29, 1.82) is 0 Å². The van der Waals surface area contributed by atoms with E-state index < -0.39 is 11.6 Å². The number of carbonyl (C=O) groups is 2. The van der Waals surface area contributed by atoms with Crippen LogP contribution in [0.5, 0.6) is 5.75 Å². The normalized spacial score (nSPS) is 12.2. The van der Waals surface area contributed by atoms with Crippen molar-refractivity contribution in [1.82, 2.24) is 10.2 Å². The molecule has 0 heterocycles. The van der Waals surface area contributed by atoms with Gasteiger partial charge in [-0.15, -0.1) is 0 Å². The molecule has 2 aromatic rings. The van der Waals surface area contributed by atoms with Crippen molar-refractivity contribution in [3.63, 3.8) is 0 Å². The second kappa shape index (κ2) is 9.79. The predicted octanol–water partition coefficient (Wildman–Crippen LogP) is 4.36. The first-order valence-corrected chi connectivity index (χ1v) is 9.98. The molecule has 0 bridgehead atoms. The lowest BCUT2D eigenvalue weighted by Gasteiger charge is -2.31. The second-order valence-corrected chi connectivity index (χ2v) is 8.60. The number of benzene rings is 2. The Balaban J connectivity index is 2.16. The van der Waals surface area contributed by atoms with Gasteiger partial charge in [-0.3, -0.25) is 9.59 Å². The first-order chi connectivity index (χ1) is 13.5. The molecule has 6 heteroatoms. The van der Waals surface area contributed by atoms with Gasteiger partial charge in [-0.1, -0.05) is 41.4 Å². The van der Waals surface area contributed by atoms with Crippen LogP contribution in [0.2, 0.25) is 5.02 Å². The number of carbonyl (C=O) groups excluding carboxylic acids is 2. The Hall–Kier alpha value is -2.53. The van der Waals surface area contributed by atoms with Crippen LogP contribution in [0.25, 0.3) is 0 Å². The largest absolute Gasteiger partial charge is 0.484 e. The topological polar surface area (TPSA) is 58.6 Å². The summed E-state index contributed by atoms with van der Waals surface area (Å²) in [5.41, 5.74) is 1.56. The maximum atomic E-state index is 13.0. The maximum Gasteiger partial charge on any atom is 0.261 e. The van der Waals surface area contributed by atoms with Crippen LogP contribution in [0.3, 0.4) is 0 Å². The van der Waals surface area contributed by atoms with Crippen LogP contribution in [0.1, 0.15) is 38.8 Å². The van der Waals surface area contributed by atoms with Gasteiger partial charge >= 0.3 is 0 Å². The summed E-state index contributed by atoms with van der Waals surface area (Å²) in [4.78, 5) is 27.2. The van der Waals surface area contributed by atoms with Crippen LogP contribution in [-0.4, -0.2) is 34.9 Å². The number of halogens is 1. The van der Waals surface area contributed by atoms with Gasteiger partial charge in [0.05, 0.1) is 0 Å². The van der Waals surface area contributed by atoms with Crippen molar-refractivity contribution in [3.05, 3.63) is 64.7 Å². The summed E-state index contributed by atoms with van der Waals surface area (Å²) in [6.45, 7) is 9.52. The van der Waals surface area contributed by atoms with Crippen molar-refractivity contribution >= 4 is 23.4 Å². The van der Waals surface area contributed by atoms with Crippen molar-refractivity contribution < 1.29 is 14.3 Å². The summed E-state index contributed by atoms with van der Waals surface area (Å²) in [5.74, 6) is 0.115. The predicted molar refractivity (Wildman–Crippen MR) is 116 cm³/mol. The average molecular weight is 417 g/mol. The number of hydrogen-bond acceptors (Lipinski definition) is 3. The average Bonchev–Trinajstić information content (AvgIpc) is 2.63. The molecule has 0 spiro atoms. The third kappa shape index (κ3) is 7.42. The zero-order valence-electron chi connectivity index (χ0n) is 17.7. The lowest BCUT2D eigenvalue weighted by atomic mass is 10.1. The number of amides is 2. The highest BCUT2D eigenvalue weighted by molar-refractivity contribution is 6.30. The van der Waals surface area contributed by atoms with Crippen LogP contribution >= 0.6 is 11.6 Å². The summed E-state index contributed by atoms with van der Waals surface area (Å²) >= 11 is 6.08. The highest BCUT2D eigenvalue weighted by Crippen LogP contribution is 2.16. The van der Waals surface area contributed by atoms with Crippen molar-refractivity contribution in [2.75, 3.05) is 6.61 Å². The molecule has 0 aliphatic carbocycles. The summed E-state index contributed by atoms with van der Waals surface area (Å²) in [7, 11) is 0. The molecule has 0 saturated heterocycles. The summed E-state index contributed by atoms with van der Waals surface area (Å²) in [6.07, 6.45) is 0. The molecule has 0 fully saturated rings. The van der Waals surface area contributed by atoms with Gasteiger partial charge in [0.1, 0.15) is 11.8 Å². The minimum absolute atomic E-state index is 0.156. The lowest BCUT2D eigenvalue weighted by molar-refractivity contribution is -0.142. The molecular weight excluding hydrogens is 388 g/mol. The third-order valence-electron chi connectivity index (χ3n) is 4.29. The molecule has 29 heavy (non-hydrogen) atoms. The van der Waals surface area contributed by atoms with E-state index in [9.17, 15) is 9.59 Å². The van der Waals surface area contributed by atoms with Gasteiger partial charge in [-0.05, 0) is 64.4 Å². The molecule has 0 radical (unpaired) electrons. The molecule has 5 nitrogen and oxygen atoms in total. The van der Waals surface area contributed by atoms with Crippen molar-refractivity contribution in [2.45, 2.75) is 52.7 Å². The Kier molecular flexibility index (Phi) is 7.68. The third-order valence-corrected chi connectivity index (χ3v) is 4.53. The highest BCUT2D eigenvalue weighted by Gasteiger charge is 2.28. The zero-order valence-corrected chi connectivity index (χ0v) is 18.4. The van der Waals surface area contributed by atoms with E-state index in [1.807, 2.05) is 64.1 Å². The Labute approximate surface area is 178 Å². The lowest BCUT2D eigenvalue weighted by Crippen LogP contribution is -2.53. The number of hydrogen-bond donors (Lipinski definition) is 1. The van der Waals surface area contributed by atoms with Gasteiger partial charge in [0.25, 0.3) is 5.91 Å². The summed E-state index contributed by atoms with van der Waals surface area (Å²) in [5, 5.41) is 3.51. The summed E-state index contributed by atoms with van der Waals surface area (Å²) < 4.78 is 5.65. The SMILES string of the molecule is Cc1ccc(OCC(=O)N(Cc2cccc(Cl)c2)C(C)C(=O)NC(C)(C)C)cc1. The van der Waals surface area contributed by atoms with Crippen LogP contribution in [-0.2, 0) is 16.1 Å². The van der Waals surface area contributed by atoms with E-state index in [1.54, 1.807) is 19.1 Å². The van der Waals surface area contributed by atoms with Gasteiger partial charge in [-0.25, -0.2) is 0 Å². The molecule has 156 valence electrons. The van der Waals surface area contributed by atoms with Crippen molar-refractivity contribution in [3.8, 4) is 5.75 Å². The van der Waals surface area contributed by atoms with Gasteiger partial charge in [-0.2, -0.15) is 0 Å². The van der Waals surface area contributed by atoms with Crippen LogP contribution < -0.4 is 10.1 Å². The van der Waals surface area contributed by atoms with E-state index in [0.29, 0.717) is 10.8 Å². The van der Waals surface area contributed by atoms with Gasteiger partial charge in [0, 0.05) is 17.1 Å². The quantitative estimate of drug-likeness (QED) is 0.729. The van der Waals surface area contributed by atoms with Crippen LogP contribution in [0, 0.1) is 6.92 Å². The standard InChI is InChI=1S/C23H29ClN2O3/c1-16-9-11-20(12-10-16)29-15-21(27)26(14-18-7-6-8-19(24)13-18)17(2)22(28)25-23(3,4)5/h6-13,17H,14-15H2,1-5H3,(H,25,28). The second-order valence-electron chi connectivity index (χ2n) is 8.17. The molecule has 0 saturated carbocycles. The van der Waals surface area contributed by atoms with E-state index >= 15 is 0 Å². The van der Waals surface area contributed by atoms with E-state index in [-0.39, 0.29) is 25.0 Å². The first kappa shape index (κ1) is 22.8. The highest BCUT2D eigenvalue weighted by atomic mass is 35.5. The minimum Gasteiger partial charge on any atom is -0.484 e. The van der Waals surface area contributed by atoms with Gasteiger partial charge in [0.15, 0.2) is 6.61 Å². The molecular formula is C23H29ClN2O3. The van der Waals surface area contributed by atoms with E-state index in [2.05, 4.69) is 5.32 Å². The molecule has 1 unspecified atom stereocenters. The Morgan fingerprint density at radius 1 is 1.14 bits per heavy atom. The molecule has 0 aliphatic heterocycles. The fraction of sp³-hybridized carbons (Fsp3) is 0.391.